The molecule has 8 nitrogen and oxygen atoms in total. The van der Waals surface area contributed by atoms with Crippen molar-refractivity contribution in [2.75, 3.05) is 10.6 Å². The van der Waals surface area contributed by atoms with Gasteiger partial charge >= 0.3 is 0 Å². The van der Waals surface area contributed by atoms with Crippen LogP contribution in [-0.4, -0.2) is 31.4 Å². The van der Waals surface area contributed by atoms with Gasteiger partial charge in [-0.1, -0.05) is 11.6 Å². The Balaban J connectivity index is 1.66. The molecule has 3 aromatic rings. The maximum Gasteiger partial charge on any atom is 0.277 e. The first-order valence-electron chi connectivity index (χ1n) is 7.76. The van der Waals surface area contributed by atoms with Crippen molar-refractivity contribution in [1.82, 2.24) is 19.6 Å². The third-order valence-corrected chi connectivity index (χ3v) is 4.28. The minimum Gasteiger partial charge on any atom is -0.321 e. The highest BCUT2D eigenvalue weighted by Crippen LogP contribution is 2.21. The van der Waals surface area contributed by atoms with E-state index >= 15 is 0 Å². The van der Waals surface area contributed by atoms with Gasteiger partial charge in [0, 0.05) is 31.7 Å². The van der Waals surface area contributed by atoms with Crippen LogP contribution in [0.3, 0.4) is 0 Å². The number of nitrogens with one attached hydrogen (secondary N) is 2. The van der Waals surface area contributed by atoms with Crippen LogP contribution in [0.2, 0.25) is 5.02 Å². The van der Waals surface area contributed by atoms with Crippen LogP contribution in [0.5, 0.6) is 0 Å². The molecule has 0 fully saturated rings. The second-order valence-electron chi connectivity index (χ2n) is 5.73. The highest BCUT2D eigenvalue weighted by molar-refractivity contribution is 6.34. The topological polar surface area (TPSA) is 93.8 Å². The zero-order valence-corrected chi connectivity index (χ0v) is 15.2. The van der Waals surface area contributed by atoms with Gasteiger partial charge in [0.25, 0.3) is 11.8 Å². The fraction of sp³-hybridized carbons (Fsp3) is 0.176. The standard InChI is InChI=1S/C17H17ClN6O2/c1-10-14(18)15(22-24(10)3)17(26)20-12-6-4-11(5-7-12)19-16(25)13-8-9-23(2)21-13/h4-9H,1-3H3,(H,19,25)(H,20,26). The summed E-state index contributed by atoms with van der Waals surface area (Å²) in [5.74, 6) is -0.706. The summed E-state index contributed by atoms with van der Waals surface area (Å²) < 4.78 is 3.10. The molecular weight excluding hydrogens is 356 g/mol. The van der Waals surface area contributed by atoms with Crippen LogP contribution in [0.25, 0.3) is 0 Å². The van der Waals surface area contributed by atoms with Gasteiger partial charge in [0.1, 0.15) is 0 Å². The molecule has 0 aliphatic rings. The van der Waals surface area contributed by atoms with Crippen molar-refractivity contribution in [2.45, 2.75) is 6.92 Å². The predicted octanol–water partition coefficient (Wildman–Crippen LogP) is 2.62. The first-order chi connectivity index (χ1) is 12.3. The summed E-state index contributed by atoms with van der Waals surface area (Å²) in [4.78, 5) is 24.4. The molecule has 9 heteroatoms. The molecule has 0 radical (unpaired) electrons. The van der Waals surface area contributed by atoms with E-state index in [-0.39, 0.29) is 11.6 Å². The summed E-state index contributed by atoms with van der Waals surface area (Å²) in [6.07, 6.45) is 1.69. The van der Waals surface area contributed by atoms with E-state index in [1.807, 2.05) is 0 Å². The maximum absolute atomic E-state index is 12.3. The molecule has 2 amide bonds. The van der Waals surface area contributed by atoms with Crippen LogP contribution < -0.4 is 10.6 Å². The molecule has 2 heterocycles. The number of carbonyl (C=O) groups excluding carboxylic acids is 2. The molecule has 0 spiro atoms. The van der Waals surface area contributed by atoms with Crippen LogP contribution in [0.15, 0.2) is 36.5 Å². The number of halogens is 1. The van der Waals surface area contributed by atoms with E-state index in [0.717, 1.165) is 0 Å². The van der Waals surface area contributed by atoms with E-state index in [1.54, 1.807) is 66.9 Å². The lowest BCUT2D eigenvalue weighted by Gasteiger charge is -2.06. The molecule has 26 heavy (non-hydrogen) atoms. The molecule has 3 rings (SSSR count). The quantitative estimate of drug-likeness (QED) is 0.736. The number of hydrogen-bond donors (Lipinski definition) is 2. The first kappa shape index (κ1) is 17.7. The third-order valence-electron chi connectivity index (χ3n) is 3.82. The summed E-state index contributed by atoms with van der Waals surface area (Å²) in [7, 11) is 3.46. The molecule has 0 aliphatic heterocycles. The highest BCUT2D eigenvalue weighted by Gasteiger charge is 2.18. The Morgan fingerprint density at radius 1 is 0.962 bits per heavy atom. The van der Waals surface area contributed by atoms with Crippen molar-refractivity contribution in [3.8, 4) is 0 Å². The Bertz CT molecular complexity index is 974. The average Bonchev–Trinajstić information content (AvgIpc) is 3.16. The van der Waals surface area contributed by atoms with Gasteiger partial charge in [-0.3, -0.25) is 19.0 Å². The van der Waals surface area contributed by atoms with Gasteiger partial charge in [0.15, 0.2) is 11.4 Å². The number of rotatable bonds is 4. The van der Waals surface area contributed by atoms with Crippen molar-refractivity contribution < 1.29 is 9.59 Å². The van der Waals surface area contributed by atoms with E-state index in [1.165, 1.54) is 0 Å². The number of aromatic nitrogens is 4. The Morgan fingerprint density at radius 2 is 1.54 bits per heavy atom. The minimum atomic E-state index is -0.399. The van der Waals surface area contributed by atoms with Gasteiger partial charge < -0.3 is 10.6 Å². The number of benzene rings is 1. The van der Waals surface area contributed by atoms with Crippen molar-refractivity contribution in [3.05, 3.63) is 58.6 Å². The zero-order valence-electron chi connectivity index (χ0n) is 14.4. The second-order valence-corrected chi connectivity index (χ2v) is 6.11. The minimum absolute atomic E-state index is 0.166. The van der Waals surface area contributed by atoms with Crippen LogP contribution in [0.4, 0.5) is 11.4 Å². The Morgan fingerprint density at radius 3 is 2.00 bits per heavy atom. The van der Waals surface area contributed by atoms with Crippen LogP contribution in [-0.2, 0) is 14.1 Å². The van der Waals surface area contributed by atoms with Crippen molar-refractivity contribution >= 4 is 34.8 Å². The first-order valence-corrected chi connectivity index (χ1v) is 8.14. The Kier molecular flexibility index (Phi) is 4.77. The fourth-order valence-electron chi connectivity index (χ4n) is 2.29. The fourth-order valence-corrected chi connectivity index (χ4v) is 2.53. The molecule has 0 bridgehead atoms. The van der Waals surface area contributed by atoms with Gasteiger partial charge in [-0.2, -0.15) is 10.2 Å². The lowest BCUT2D eigenvalue weighted by Crippen LogP contribution is -2.14. The molecule has 0 unspecified atom stereocenters. The number of hydrogen-bond acceptors (Lipinski definition) is 4. The van der Waals surface area contributed by atoms with Crippen LogP contribution in [0.1, 0.15) is 26.7 Å². The number of amides is 2. The summed E-state index contributed by atoms with van der Waals surface area (Å²) in [5, 5.41) is 13.9. The summed E-state index contributed by atoms with van der Waals surface area (Å²) in [6, 6.07) is 8.34. The number of nitrogens with zero attached hydrogens (tertiary/aromatic N) is 4. The molecule has 1 aromatic carbocycles. The summed E-state index contributed by atoms with van der Waals surface area (Å²) >= 11 is 6.12. The van der Waals surface area contributed by atoms with Gasteiger partial charge in [-0.25, -0.2) is 0 Å². The molecule has 2 aromatic heterocycles. The largest absolute Gasteiger partial charge is 0.321 e. The van der Waals surface area contributed by atoms with E-state index in [9.17, 15) is 9.59 Å². The monoisotopic (exact) mass is 372 g/mol. The number of aryl methyl sites for hydroxylation is 2. The summed E-state index contributed by atoms with van der Waals surface area (Å²) in [6.45, 7) is 1.78. The SMILES string of the molecule is Cc1c(Cl)c(C(=O)Nc2ccc(NC(=O)c3ccn(C)n3)cc2)nn1C. The van der Waals surface area contributed by atoms with Gasteiger partial charge in [0.2, 0.25) is 0 Å². The smallest absolute Gasteiger partial charge is 0.277 e. The van der Waals surface area contributed by atoms with Gasteiger partial charge in [0.05, 0.1) is 10.7 Å². The number of anilines is 2. The van der Waals surface area contributed by atoms with Crippen molar-refractivity contribution in [3.63, 3.8) is 0 Å². The van der Waals surface area contributed by atoms with Gasteiger partial charge in [-0.05, 0) is 37.3 Å². The zero-order chi connectivity index (χ0) is 18.8. The summed E-state index contributed by atoms with van der Waals surface area (Å²) in [5.41, 5.74) is 2.35. The number of carbonyl (C=O) groups is 2. The second kappa shape index (κ2) is 7.01. The Hall–Kier alpha value is -3.13. The molecule has 0 aliphatic carbocycles. The van der Waals surface area contributed by atoms with Crippen LogP contribution in [0, 0.1) is 6.92 Å². The molecule has 0 saturated carbocycles. The molecule has 0 atom stereocenters. The molecule has 0 saturated heterocycles. The van der Waals surface area contributed by atoms with E-state index < -0.39 is 5.91 Å². The lowest BCUT2D eigenvalue weighted by molar-refractivity contribution is 0.101. The van der Waals surface area contributed by atoms with E-state index in [4.69, 9.17) is 11.6 Å². The molecule has 2 N–H and O–H groups in total. The highest BCUT2D eigenvalue weighted by atomic mass is 35.5. The molecule has 134 valence electrons. The Labute approximate surface area is 154 Å². The third kappa shape index (κ3) is 3.60. The normalized spacial score (nSPS) is 10.6. The predicted molar refractivity (Wildman–Crippen MR) is 98.5 cm³/mol. The van der Waals surface area contributed by atoms with Crippen molar-refractivity contribution in [1.29, 1.82) is 0 Å². The lowest BCUT2D eigenvalue weighted by atomic mass is 10.2. The van der Waals surface area contributed by atoms with E-state index in [0.29, 0.717) is 27.8 Å². The maximum atomic E-state index is 12.3. The molecular formula is C17H17ClN6O2. The van der Waals surface area contributed by atoms with Crippen molar-refractivity contribution in [2.24, 2.45) is 14.1 Å². The van der Waals surface area contributed by atoms with Crippen LogP contribution >= 0.6 is 11.6 Å². The van der Waals surface area contributed by atoms with Gasteiger partial charge in [-0.15, -0.1) is 0 Å². The average molecular weight is 373 g/mol. The van der Waals surface area contributed by atoms with E-state index in [2.05, 4.69) is 20.8 Å².